The van der Waals surface area contributed by atoms with Crippen LogP contribution in [0.1, 0.15) is 33.3 Å². The van der Waals surface area contributed by atoms with Gasteiger partial charge in [-0.25, -0.2) is 13.6 Å². The average Bonchev–Trinajstić information content (AvgIpc) is 2.92. The van der Waals surface area contributed by atoms with Crippen LogP contribution >= 0.6 is 11.6 Å². The number of carboxylic acid groups (broad SMARTS) is 1. The van der Waals surface area contributed by atoms with Gasteiger partial charge in [-0.2, -0.15) is 0 Å². The highest BCUT2D eigenvalue weighted by atomic mass is 35.5. The number of halogens is 3. The number of carboxylic acids is 1. The van der Waals surface area contributed by atoms with Gasteiger partial charge in [0.15, 0.2) is 11.6 Å². The van der Waals surface area contributed by atoms with E-state index in [-0.39, 0.29) is 38.8 Å². The minimum absolute atomic E-state index is 0.0533. The van der Waals surface area contributed by atoms with Gasteiger partial charge in [0.1, 0.15) is 22.8 Å². The molecule has 0 amide bonds. The predicted octanol–water partition coefficient (Wildman–Crippen LogP) is 6.91. The molecule has 0 aliphatic carbocycles. The summed E-state index contributed by atoms with van der Waals surface area (Å²) >= 11 is 5.95. The molecular weight excluding hydrogens is 542 g/mol. The van der Waals surface area contributed by atoms with E-state index >= 15 is 0 Å². The monoisotopic (exact) mass is 564 g/mol. The number of ether oxygens (including phenoxy) is 2. The number of rotatable bonds is 9. The lowest BCUT2D eigenvalue weighted by atomic mass is 9.87. The number of hydrogen-bond acceptors (Lipinski definition) is 6. The van der Waals surface area contributed by atoms with Crippen LogP contribution in [0.5, 0.6) is 11.5 Å². The third-order valence-corrected chi connectivity index (χ3v) is 6.70. The number of ketones is 1. The molecule has 0 atom stereocenters. The zero-order valence-corrected chi connectivity index (χ0v) is 22.0. The quantitative estimate of drug-likeness (QED) is 0.221. The fourth-order valence-electron chi connectivity index (χ4n) is 4.34. The van der Waals surface area contributed by atoms with Crippen LogP contribution in [0.3, 0.4) is 0 Å². The molecule has 10 heteroatoms. The number of carbonyl (C=O) groups is 2. The van der Waals surface area contributed by atoms with Gasteiger partial charge in [-0.1, -0.05) is 30.7 Å². The van der Waals surface area contributed by atoms with E-state index in [0.29, 0.717) is 31.1 Å². The van der Waals surface area contributed by atoms with E-state index in [0.717, 1.165) is 6.07 Å². The van der Waals surface area contributed by atoms with Crippen LogP contribution in [0, 0.1) is 17.0 Å². The van der Waals surface area contributed by atoms with Crippen molar-refractivity contribution in [2.75, 3.05) is 24.7 Å². The van der Waals surface area contributed by atoms with Gasteiger partial charge in [0.25, 0.3) is 0 Å². The van der Waals surface area contributed by atoms with Crippen LogP contribution in [-0.2, 0) is 4.74 Å². The molecule has 7 nitrogen and oxygen atoms in total. The van der Waals surface area contributed by atoms with E-state index < -0.39 is 23.4 Å². The Morgan fingerprint density at radius 2 is 1.80 bits per heavy atom. The smallest absolute Gasteiger partial charge is 0.339 e. The first-order valence-electron chi connectivity index (χ1n) is 12.2. The molecule has 0 bridgehead atoms. The molecule has 1 aliphatic rings. The minimum Gasteiger partial charge on any atom is -0.478 e. The SMILES string of the molecule is CC1(CN(c2ccc(C(=O)c3ccc(Oc4ccccc4F)c(C(=O)O)c3)nc2)c2ccc(Cl)cc2F)COC1. The average molecular weight is 565 g/mol. The first kappa shape index (κ1) is 27.2. The van der Waals surface area contributed by atoms with Gasteiger partial charge in [-0.05, 0) is 60.7 Å². The van der Waals surface area contributed by atoms with Gasteiger partial charge in [0.2, 0.25) is 5.78 Å². The largest absolute Gasteiger partial charge is 0.478 e. The second-order valence-corrected chi connectivity index (χ2v) is 10.2. The Labute approximate surface area is 233 Å². The van der Waals surface area contributed by atoms with Crippen molar-refractivity contribution < 1.29 is 33.0 Å². The molecule has 0 saturated carbocycles. The third kappa shape index (κ3) is 5.66. The van der Waals surface area contributed by atoms with Crippen molar-refractivity contribution in [1.29, 1.82) is 0 Å². The summed E-state index contributed by atoms with van der Waals surface area (Å²) in [6, 6.07) is 17.0. The van der Waals surface area contributed by atoms with Crippen LogP contribution < -0.4 is 9.64 Å². The molecule has 0 spiro atoms. The fourth-order valence-corrected chi connectivity index (χ4v) is 4.50. The molecule has 1 aromatic heterocycles. The number of anilines is 2. The van der Waals surface area contributed by atoms with E-state index in [1.54, 1.807) is 29.2 Å². The Hall–Kier alpha value is -4.34. The van der Waals surface area contributed by atoms with Crippen molar-refractivity contribution in [3.05, 3.63) is 112 Å². The molecule has 1 fully saturated rings. The fraction of sp³-hybridized carbons (Fsp3) is 0.167. The lowest BCUT2D eigenvalue weighted by Gasteiger charge is -2.42. The molecule has 2 heterocycles. The Balaban J connectivity index is 1.42. The molecule has 1 saturated heterocycles. The zero-order chi connectivity index (χ0) is 28.4. The molecule has 0 radical (unpaired) electrons. The molecule has 40 heavy (non-hydrogen) atoms. The Morgan fingerprint density at radius 3 is 2.42 bits per heavy atom. The standard InChI is InChI=1S/C30H23ClF2N2O5/c1-30(16-39-17-30)15-35(25-10-7-19(31)13-23(25)33)20-8-9-24(34-14-20)28(36)18-6-11-26(21(12-18)29(37)38)40-27-5-3-2-4-22(27)32/h2-14H,15-17H2,1H3,(H,37,38). The Kier molecular flexibility index (Phi) is 7.51. The van der Waals surface area contributed by atoms with E-state index in [1.165, 1.54) is 48.7 Å². The lowest BCUT2D eigenvalue weighted by Crippen LogP contribution is -2.47. The molecule has 4 aromatic rings. The number of aromatic nitrogens is 1. The molecule has 204 valence electrons. The zero-order valence-electron chi connectivity index (χ0n) is 21.2. The summed E-state index contributed by atoms with van der Waals surface area (Å²) in [4.78, 5) is 31.2. The van der Waals surface area contributed by atoms with E-state index in [1.807, 2.05) is 6.92 Å². The number of para-hydroxylation sites is 1. The summed E-state index contributed by atoms with van der Waals surface area (Å²) in [5, 5.41) is 9.97. The molecular formula is C30H23ClF2N2O5. The Morgan fingerprint density at radius 1 is 1.02 bits per heavy atom. The highest BCUT2D eigenvalue weighted by Gasteiger charge is 2.36. The normalized spacial score (nSPS) is 13.8. The van der Waals surface area contributed by atoms with Crippen LogP contribution in [-0.4, -0.2) is 41.6 Å². The highest BCUT2D eigenvalue weighted by molar-refractivity contribution is 6.30. The molecule has 0 unspecified atom stereocenters. The molecule has 3 aromatic carbocycles. The van der Waals surface area contributed by atoms with Gasteiger partial charge < -0.3 is 19.5 Å². The van der Waals surface area contributed by atoms with Crippen LogP contribution in [0.15, 0.2) is 79.0 Å². The van der Waals surface area contributed by atoms with Crippen molar-refractivity contribution in [3.63, 3.8) is 0 Å². The van der Waals surface area contributed by atoms with Crippen LogP contribution in [0.25, 0.3) is 0 Å². The van der Waals surface area contributed by atoms with Crippen molar-refractivity contribution in [2.24, 2.45) is 5.41 Å². The molecule has 1 aliphatic heterocycles. The highest BCUT2D eigenvalue weighted by Crippen LogP contribution is 2.36. The predicted molar refractivity (Wildman–Crippen MR) is 145 cm³/mol. The van der Waals surface area contributed by atoms with Crippen molar-refractivity contribution in [2.45, 2.75) is 6.92 Å². The summed E-state index contributed by atoms with van der Waals surface area (Å²) in [7, 11) is 0. The maximum Gasteiger partial charge on any atom is 0.339 e. The van der Waals surface area contributed by atoms with Gasteiger partial charge in [-0.15, -0.1) is 0 Å². The first-order chi connectivity index (χ1) is 19.1. The number of pyridine rings is 1. The summed E-state index contributed by atoms with van der Waals surface area (Å²) < 4.78 is 39.7. The second-order valence-electron chi connectivity index (χ2n) is 9.76. The van der Waals surface area contributed by atoms with Crippen molar-refractivity contribution in [3.8, 4) is 11.5 Å². The van der Waals surface area contributed by atoms with Crippen molar-refractivity contribution in [1.82, 2.24) is 4.98 Å². The van der Waals surface area contributed by atoms with E-state index in [9.17, 15) is 23.5 Å². The van der Waals surface area contributed by atoms with E-state index in [4.69, 9.17) is 21.1 Å². The number of benzene rings is 3. The number of carbonyl (C=O) groups excluding carboxylic acids is 1. The second kappa shape index (κ2) is 11.0. The summed E-state index contributed by atoms with van der Waals surface area (Å²) in [5.41, 5.74) is 0.433. The Bertz CT molecular complexity index is 1590. The van der Waals surface area contributed by atoms with Gasteiger partial charge in [-0.3, -0.25) is 9.78 Å². The molecule has 5 rings (SSSR count). The third-order valence-electron chi connectivity index (χ3n) is 6.46. The first-order valence-corrected chi connectivity index (χ1v) is 12.6. The van der Waals surface area contributed by atoms with Gasteiger partial charge >= 0.3 is 5.97 Å². The van der Waals surface area contributed by atoms with Crippen molar-refractivity contribution >= 4 is 34.7 Å². The van der Waals surface area contributed by atoms with Crippen LogP contribution in [0.4, 0.5) is 20.2 Å². The topological polar surface area (TPSA) is 89.0 Å². The number of hydrogen-bond donors (Lipinski definition) is 1. The summed E-state index contributed by atoms with van der Waals surface area (Å²) in [6.45, 7) is 3.50. The summed E-state index contributed by atoms with van der Waals surface area (Å²) in [5.74, 6) is -3.31. The molecule has 1 N–H and O–H groups in total. The van der Waals surface area contributed by atoms with E-state index in [2.05, 4.69) is 4.98 Å². The number of aromatic carboxylic acids is 1. The maximum absolute atomic E-state index is 14.9. The van der Waals surface area contributed by atoms with Gasteiger partial charge in [0, 0.05) is 22.5 Å². The maximum atomic E-state index is 14.9. The lowest BCUT2D eigenvalue weighted by molar-refractivity contribution is -0.0946. The summed E-state index contributed by atoms with van der Waals surface area (Å²) in [6.07, 6.45) is 1.46. The minimum atomic E-state index is -1.35. The number of nitrogens with zero attached hydrogens (tertiary/aromatic N) is 2. The van der Waals surface area contributed by atoms with Gasteiger partial charge in [0.05, 0.1) is 30.8 Å². The van der Waals surface area contributed by atoms with Crippen LogP contribution in [0.2, 0.25) is 5.02 Å².